The molecule has 1 atom stereocenters. The van der Waals surface area contributed by atoms with E-state index < -0.39 is 11.9 Å². The Hall–Kier alpha value is -2.07. The molecule has 11 heteroatoms. The number of nitrogen functional groups attached to an aromatic ring is 1. The number of benzene rings is 1. The SMILES string of the molecule is CC(Oc1cc(-c2cnn(C3CCN(Br)CC3)c2)c[n+](O)c1N)c1c(Cl)ccc(F)c1Cl. The first kappa shape index (κ1) is 23.1. The maximum atomic E-state index is 13.9. The molecule has 2 aromatic heterocycles. The molecule has 7 nitrogen and oxygen atoms in total. The molecule has 3 heterocycles. The Balaban J connectivity index is 1.61. The van der Waals surface area contributed by atoms with E-state index in [1.165, 1.54) is 18.3 Å². The van der Waals surface area contributed by atoms with Crippen molar-refractivity contribution in [3.63, 3.8) is 0 Å². The third-order valence-corrected chi connectivity index (χ3v) is 6.98. The van der Waals surface area contributed by atoms with E-state index in [4.69, 9.17) is 33.7 Å². The van der Waals surface area contributed by atoms with E-state index >= 15 is 0 Å². The lowest BCUT2D eigenvalue weighted by molar-refractivity contribution is -0.893. The zero-order valence-electron chi connectivity index (χ0n) is 17.2. The largest absolute Gasteiger partial charge is 0.478 e. The summed E-state index contributed by atoms with van der Waals surface area (Å²) in [5.41, 5.74) is 7.77. The fourth-order valence-corrected chi connectivity index (χ4v) is 4.86. The van der Waals surface area contributed by atoms with Crippen molar-refractivity contribution in [1.29, 1.82) is 0 Å². The zero-order valence-corrected chi connectivity index (χ0v) is 20.3. The van der Waals surface area contributed by atoms with Crippen molar-refractivity contribution in [3.8, 4) is 16.9 Å². The van der Waals surface area contributed by atoms with E-state index in [0.717, 1.165) is 36.2 Å². The van der Waals surface area contributed by atoms with Crippen molar-refractivity contribution < 1.29 is 19.1 Å². The number of hydrogen-bond acceptors (Lipinski definition) is 5. The first-order valence-corrected chi connectivity index (χ1v) is 11.5. The Kier molecular flexibility index (Phi) is 6.80. The first-order valence-electron chi connectivity index (χ1n) is 10.0. The van der Waals surface area contributed by atoms with Crippen LogP contribution in [0.3, 0.4) is 0 Å². The van der Waals surface area contributed by atoms with Crippen LogP contribution in [0.2, 0.25) is 10.0 Å². The highest BCUT2D eigenvalue weighted by atomic mass is 79.9. The van der Waals surface area contributed by atoms with Crippen LogP contribution in [-0.4, -0.2) is 32.0 Å². The van der Waals surface area contributed by atoms with E-state index in [9.17, 15) is 9.60 Å². The normalized spacial score (nSPS) is 16.3. The second-order valence-electron chi connectivity index (χ2n) is 7.69. The molecule has 32 heavy (non-hydrogen) atoms. The molecule has 1 aliphatic heterocycles. The first-order chi connectivity index (χ1) is 15.2. The molecule has 1 aromatic carbocycles. The smallest absolute Gasteiger partial charge is 0.354 e. The van der Waals surface area contributed by atoms with Crippen molar-refractivity contribution in [2.24, 2.45) is 0 Å². The number of hydrogen-bond donors (Lipinski definition) is 2. The van der Waals surface area contributed by atoms with Gasteiger partial charge in [-0.25, -0.2) is 8.32 Å². The van der Waals surface area contributed by atoms with Gasteiger partial charge in [-0.3, -0.25) is 10.4 Å². The lowest BCUT2D eigenvalue weighted by Crippen LogP contribution is -2.34. The number of aromatic nitrogens is 3. The van der Waals surface area contributed by atoms with Gasteiger partial charge in [-0.05, 0) is 36.6 Å². The van der Waals surface area contributed by atoms with Crippen LogP contribution in [0, 0.1) is 5.82 Å². The van der Waals surface area contributed by atoms with E-state index in [0.29, 0.717) is 17.2 Å². The van der Waals surface area contributed by atoms with Crippen LogP contribution >= 0.6 is 39.3 Å². The molecule has 1 saturated heterocycles. The number of piperidine rings is 1. The molecule has 0 bridgehead atoms. The molecule has 0 radical (unpaired) electrons. The van der Waals surface area contributed by atoms with Crippen molar-refractivity contribution in [3.05, 3.63) is 58.2 Å². The van der Waals surface area contributed by atoms with E-state index in [1.807, 2.05) is 10.9 Å². The van der Waals surface area contributed by atoms with Gasteiger partial charge in [0.05, 0.1) is 17.3 Å². The van der Waals surface area contributed by atoms with Gasteiger partial charge in [-0.1, -0.05) is 23.2 Å². The van der Waals surface area contributed by atoms with Gasteiger partial charge in [0.25, 0.3) is 0 Å². The quantitative estimate of drug-likeness (QED) is 0.199. The van der Waals surface area contributed by atoms with Crippen molar-refractivity contribution >= 4 is 45.2 Å². The number of ether oxygens (including phenoxy) is 1. The Morgan fingerprint density at radius 2 is 2.03 bits per heavy atom. The summed E-state index contributed by atoms with van der Waals surface area (Å²) in [6.07, 6.45) is 6.40. The predicted molar refractivity (Wildman–Crippen MR) is 124 cm³/mol. The molecule has 170 valence electrons. The number of nitrogens with two attached hydrogens (primary N) is 1. The molecule has 3 aromatic rings. The summed E-state index contributed by atoms with van der Waals surface area (Å²) < 4.78 is 24.7. The molecule has 1 fully saturated rings. The summed E-state index contributed by atoms with van der Waals surface area (Å²) in [7, 11) is 0. The molecule has 0 saturated carbocycles. The van der Waals surface area contributed by atoms with Crippen LogP contribution in [-0.2, 0) is 0 Å². The maximum absolute atomic E-state index is 13.9. The minimum Gasteiger partial charge on any atom is -0.478 e. The second-order valence-corrected chi connectivity index (χ2v) is 9.48. The van der Waals surface area contributed by atoms with Gasteiger partial charge in [-0.15, -0.1) is 0 Å². The van der Waals surface area contributed by atoms with Crippen LogP contribution in [0.4, 0.5) is 10.2 Å². The van der Waals surface area contributed by atoms with Gasteiger partial charge in [0.1, 0.15) is 18.1 Å². The van der Waals surface area contributed by atoms with Crippen LogP contribution in [0.25, 0.3) is 11.1 Å². The summed E-state index contributed by atoms with van der Waals surface area (Å²) in [6.45, 7) is 3.56. The molecule has 4 rings (SSSR count). The highest BCUT2D eigenvalue weighted by molar-refractivity contribution is 9.07. The van der Waals surface area contributed by atoms with E-state index in [2.05, 4.69) is 25.2 Å². The standard InChI is InChI=1S/C21H21BrCl2FN5O2/c1-12(19-16(23)2-3-17(25)20(19)24)32-18-8-13(11-30(31)21(18)26)14-9-27-29(10-14)15-4-6-28(22)7-5-15/h2-3,8-12,15,26,31H,4-7H2,1H3/p+1. The van der Waals surface area contributed by atoms with Crippen molar-refractivity contribution in [1.82, 2.24) is 13.7 Å². The number of pyridine rings is 1. The zero-order chi connectivity index (χ0) is 23.0. The Bertz CT molecular complexity index is 1140. The van der Waals surface area contributed by atoms with Crippen molar-refractivity contribution in [2.45, 2.75) is 31.9 Å². The lowest BCUT2D eigenvalue weighted by Gasteiger charge is -2.27. The topological polar surface area (TPSA) is 80.4 Å². The average Bonchev–Trinajstić information content (AvgIpc) is 3.25. The van der Waals surface area contributed by atoms with Crippen LogP contribution in [0.1, 0.15) is 37.5 Å². The van der Waals surface area contributed by atoms with Crippen LogP contribution in [0.15, 0.2) is 36.8 Å². The van der Waals surface area contributed by atoms with Crippen LogP contribution < -0.4 is 15.2 Å². The van der Waals surface area contributed by atoms with Gasteiger partial charge in [0.2, 0.25) is 5.75 Å². The fraction of sp³-hybridized carbons (Fsp3) is 0.333. The lowest BCUT2D eigenvalue weighted by atomic mass is 10.1. The van der Waals surface area contributed by atoms with E-state index in [-0.39, 0.29) is 21.6 Å². The van der Waals surface area contributed by atoms with Crippen LogP contribution in [0.5, 0.6) is 5.75 Å². The Morgan fingerprint density at radius 3 is 2.75 bits per heavy atom. The number of rotatable bonds is 5. The molecular formula is C21H22BrCl2FN5O2+. The molecule has 0 spiro atoms. The summed E-state index contributed by atoms with van der Waals surface area (Å²) >= 11 is 15.8. The molecule has 0 aliphatic carbocycles. The maximum Gasteiger partial charge on any atom is 0.354 e. The molecule has 0 amide bonds. The van der Waals surface area contributed by atoms with Gasteiger partial charge in [0.15, 0.2) is 0 Å². The highest BCUT2D eigenvalue weighted by Gasteiger charge is 2.24. The average molecular weight is 546 g/mol. The summed E-state index contributed by atoms with van der Waals surface area (Å²) in [5, 5.41) is 15.0. The summed E-state index contributed by atoms with van der Waals surface area (Å²) in [5.74, 6) is -0.408. The van der Waals surface area contributed by atoms with Gasteiger partial charge in [-0.2, -0.15) is 5.10 Å². The van der Waals surface area contributed by atoms with Gasteiger partial charge >= 0.3 is 5.82 Å². The molecule has 1 unspecified atom stereocenters. The predicted octanol–water partition coefficient (Wildman–Crippen LogP) is 5.19. The minimum absolute atomic E-state index is 0.0127. The highest BCUT2D eigenvalue weighted by Crippen LogP contribution is 2.36. The van der Waals surface area contributed by atoms with Gasteiger partial charge < -0.3 is 9.94 Å². The summed E-state index contributed by atoms with van der Waals surface area (Å²) in [6, 6.07) is 4.61. The molecule has 3 N–H and O–H groups in total. The minimum atomic E-state index is -0.722. The van der Waals surface area contributed by atoms with E-state index in [1.54, 1.807) is 19.2 Å². The monoisotopic (exact) mass is 544 g/mol. The molecular weight excluding hydrogens is 524 g/mol. The fourth-order valence-electron chi connectivity index (χ4n) is 3.77. The number of nitrogens with zero attached hydrogens (tertiary/aromatic N) is 4. The van der Waals surface area contributed by atoms with Crippen molar-refractivity contribution in [2.75, 3.05) is 18.8 Å². The number of anilines is 1. The molecule has 1 aliphatic rings. The number of halogens is 4. The third kappa shape index (κ3) is 4.66. The Morgan fingerprint density at radius 1 is 1.31 bits per heavy atom. The summed E-state index contributed by atoms with van der Waals surface area (Å²) in [4.78, 5) is 0. The third-order valence-electron chi connectivity index (χ3n) is 5.56. The Labute approximate surface area is 203 Å². The second kappa shape index (κ2) is 9.43. The van der Waals surface area contributed by atoms with Gasteiger partial charge in [0, 0.05) is 63.2 Å².